The molecule has 2 aromatic carbocycles. The number of halogens is 2. The van der Waals surface area contributed by atoms with E-state index in [1.54, 1.807) is 48.6 Å². The molecule has 10 nitrogen and oxygen atoms in total. The number of benzene rings is 2. The summed E-state index contributed by atoms with van der Waals surface area (Å²) >= 11 is 10.3. The molecular formula is C35H39BrClN3O7. The SMILES string of the molecule is C=CCCC(=O)NC[C@H](OC(=O)[C@H]1[C@@H]2O[C@@]3(CC2Br)[C@@H]1C(=O)N(CCO)[C@@H]3C(=O)N(CC=C)c1c(C)cccc1Cl)c1ccccc1. The van der Waals surface area contributed by atoms with Crippen LogP contribution in [0.5, 0.6) is 0 Å². The van der Waals surface area contributed by atoms with Crippen LogP contribution in [0, 0.1) is 18.8 Å². The van der Waals surface area contributed by atoms with Crippen LogP contribution in [0.4, 0.5) is 5.69 Å². The van der Waals surface area contributed by atoms with Gasteiger partial charge in [0.1, 0.15) is 17.7 Å². The van der Waals surface area contributed by atoms with Gasteiger partial charge in [0.2, 0.25) is 11.8 Å². The molecule has 0 aliphatic carbocycles. The number of rotatable bonds is 14. The highest BCUT2D eigenvalue weighted by molar-refractivity contribution is 9.09. The van der Waals surface area contributed by atoms with Gasteiger partial charge in [0.05, 0.1) is 41.8 Å². The lowest BCUT2D eigenvalue weighted by atomic mass is 9.70. The minimum Gasteiger partial charge on any atom is -0.455 e. The fourth-order valence-corrected chi connectivity index (χ4v) is 8.47. The normalized spacial score (nSPS) is 26.4. The van der Waals surface area contributed by atoms with Crippen LogP contribution in [-0.4, -0.2) is 82.5 Å². The Labute approximate surface area is 287 Å². The molecule has 0 radical (unpaired) electrons. The molecule has 3 aliphatic rings. The molecule has 5 rings (SSSR count). The third-order valence-electron chi connectivity index (χ3n) is 9.16. The molecule has 250 valence electrons. The molecule has 12 heteroatoms. The van der Waals surface area contributed by atoms with Crippen LogP contribution in [0.3, 0.4) is 0 Å². The number of carbonyl (C=O) groups excluding carboxylic acids is 4. The number of fused-ring (bicyclic) bond motifs is 1. The molecule has 7 atom stereocenters. The highest BCUT2D eigenvalue weighted by Gasteiger charge is 2.77. The van der Waals surface area contributed by atoms with Gasteiger partial charge in [0.15, 0.2) is 0 Å². The van der Waals surface area contributed by atoms with Crippen molar-refractivity contribution in [3.8, 4) is 0 Å². The maximum atomic E-state index is 14.7. The largest absolute Gasteiger partial charge is 0.455 e. The Morgan fingerprint density at radius 1 is 1.21 bits per heavy atom. The molecule has 3 fully saturated rings. The van der Waals surface area contributed by atoms with Crippen LogP contribution in [0.2, 0.25) is 5.02 Å². The number of ether oxygens (including phenoxy) is 2. The van der Waals surface area contributed by atoms with Gasteiger partial charge < -0.3 is 29.7 Å². The molecule has 3 saturated heterocycles. The number of aliphatic hydroxyl groups excluding tert-OH is 1. The highest BCUT2D eigenvalue weighted by Crippen LogP contribution is 2.60. The molecule has 0 aromatic heterocycles. The number of nitrogens with one attached hydrogen (secondary N) is 1. The monoisotopic (exact) mass is 727 g/mol. The van der Waals surface area contributed by atoms with Crippen LogP contribution in [0.15, 0.2) is 73.8 Å². The van der Waals surface area contributed by atoms with E-state index in [4.69, 9.17) is 21.1 Å². The second-order valence-corrected chi connectivity index (χ2v) is 13.6. The van der Waals surface area contributed by atoms with Crippen molar-refractivity contribution in [1.29, 1.82) is 0 Å². The Bertz CT molecular complexity index is 1520. The zero-order chi connectivity index (χ0) is 33.9. The number of para-hydroxylation sites is 1. The van der Waals surface area contributed by atoms with Gasteiger partial charge in [0.25, 0.3) is 5.91 Å². The number of aryl methyl sites for hydroxylation is 1. The Hall–Kier alpha value is -3.51. The molecule has 3 aliphatic heterocycles. The van der Waals surface area contributed by atoms with Crippen molar-refractivity contribution in [2.75, 3.05) is 31.1 Å². The highest BCUT2D eigenvalue weighted by atomic mass is 79.9. The molecule has 2 bridgehead atoms. The Balaban J connectivity index is 1.48. The van der Waals surface area contributed by atoms with Crippen molar-refractivity contribution < 1.29 is 33.8 Å². The van der Waals surface area contributed by atoms with Gasteiger partial charge in [-0.05, 0) is 37.0 Å². The van der Waals surface area contributed by atoms with Crippen molar-refractivity contribution in [3.05, 3.63) is 90.0 Å². The van der Waals surface area contributed by atoms with E-state index >= 15 is 0 Å². The maximum Gasteiger partial charge on any atom is 0.313 e. The van der Waals surface area contributed by atoms with Crippen molar-refractivity contribution in [1.82, 2.24) is 10.2 Å². The summed E-state index contributed by atoms with van der Waals surface area (Å²) in [7, 11) is 0. The molecule has 2 aromatic rings. The number of nitrogens with zero attached hydrogens (tertiary/aromatic N) is 2. The van der Waals surface area contributed by atoms with E-state index < -0.39 is 60.1 Å². The van der Waals surface area contributed by atoms with Crippen molar-refractivity contribution in [2.45, 2.75) is 54.9 Å². The van der Waals surface area contributed by atoms with Crippen LogP contribution in [0.25, 0.3) is 0 Å². The number of aliphatic hydroxyl groups is 1. The number of alkyl halides is 1. The molecule has 0 saturated carbocycles. The number of allylic oxidation sites excluding steroid dienone is 1. The Kier molecular flexibility index (Phi) is 10.9. The lowest BCUT2D eigenvalue weighted by molar-refractivity contribution is -0.160. The summed E-state index contributed by atoms with van der Waals surface area (Å²) in [6.07, 6.45) is 2.66. The van der Waals surface area contributed by atoms with Gasteiger partial charge in [-0.2, -0.15) is 0 Å². The summed E-state index contributed by atoms with van der Waals surface area (Å²) in [6, 6.07) is 13.2. The first-order chi connectivity index (χ1) is 22.6. The minimum absolute atomic E-state index is 0.0247. The van der Waals surface area contributed by atoms with E-state index in [-0.39, 0.29) is 43.2 Å². The topological polar surface area (TPSA) is 125 Å². The predicted octanol–water partition coefficient (Wildman–Crippen LogP) is 4.27. The smallest absolute Gasteiger partial charge is 0.313 e. The summed E-state index contributed by atoms with van der Waals surface area (Å²) in [6.45, 7) is 8.90. The zero-order valence-corrected chi connectivity index (χ0v) is 28.5. The molecule has 47 heavy (non-hydrogen) atoms. The number of esters is 1. The van der Waals surface area contributed by atoms with E-state index in [0.29, 0.717) is 22.7 Å². The zero-order valence-electron chi connectivity index (χ0n) is 26.1. The molecule has 1 spiro atoms. The van der Waals surface area contributed by atoms with E-state index in [1.807, 2.05) is 19.1 Å². The predicted molar refractivity (Wildman–Crippen MR) is 181 cm³/mol. The fourth-order valence-electron chi connectivity index (χ4n) is 7.20. The summed E-state index contributed by atoms with van der Waals surface area (Å²) in [5, 5.41) is 13.2. The molecule has 3 heterocycles. The first-order valence-corrected chi connectivity index (χ1v) is 16.9. The van der Waals surface area contributed by atoms with Crippen LogP contribution < -0.4 is 10.2 Å². The Morgan fingerprint density at radius 3 is 2.62 bits per heavy atom. The number of likely N-dealkylation sites (tertiary alicyclic amines) is 1. The van der Waals surface area contributed by atoms with Crippen molar-refractivity contribution in [2.24, 2.45) is 11.8 Å². The average molecular weight is 729 g/mol. The van der Waals surface area contributed by atoms with Gasteiger partial charge >= 0.3 is 5.97 Å². The number of hydrogen-bond donors (Lipinski definition) is 2. The number of hydrogen-bond acceptors (Lipinski definition) is 7. The maximum absolute atomic E-state index is 14.7. The third-order valence-corrected chi connectivity index (χ3v) is 10.3. The van der Waals surface area contributed by atoms with E-state index in [1.165, 1.54) is 9.80 Å². The van der Waals surface area contributed by atoms with Crippen LogP contribution in [0.1, 0.15) is 36.5 Å². The van der Waals surface area contributed by atoms with Crippen molar-refractivity contribution in [3.63, 3.8) is 0 Å². The fraction of sp³-hybridized carbons (Fsp3) is 0.429. The number of β-amino-alcohol motifs (C(OH)–C–C–N with tert-alkyl or cyclic N) is 1. The number of amides is 3. The summed E-state index contributed by atoms with van der Waals surface area (Å²) in [4.78, 5) is 57.9. The third kappa shape index (κ3) is 6.50. The summed E-state index contributed by atoms with van der Waals surface area (Å²) in [5.74, 6) is -3.89. The van der Waals surface area contributed by atoms with E-state index in [2.05, 4.69) is 34.4 Å². The van der Waals surface area contributed by atoms with Gasteiger partial charge in [-0.1, -0.05) is 82.1 Å². The molecular weight excluding hydrogens is 690 g/mol. The van der Waals surface area contributed by atoms with Crippen LogP contribution in [-0.2, 0) is 28.7 Å². The van der Waals surface area contributed by atoms with Gasteiger partial charge in [0, 0.05) is 24.3 Å². The second kappa shape index (κ2) is 14.7. The average Bonchev–Trinajstić information content (AvgIpc) is 3.65. The lowest BCUT2D eigenvalue weighted by Crippen LogP contribution is -2.57. The second-order valence-electron chi connectivity index (χ2n) is 12.0. The minimum atomic E-state index is -1.37. The van der Waals surface area contributed by atoms with Gasteiger partial charge in [-0.15, -0.1) is 13.2 Å². The van der Waals surface area contributed by atoms with E-state index in [0.717, 1.165) is 5.56 Å². The lowest BCUT2D eigenvalue weighted by Gasteiger charge is -2.37. The molecule has 3 amide bonds. The van der Waals surface area contributed by atoms with Gasteiger partial charge in [-0.25, -0.2) is 0 Å². The van der Waals surface area contributed by atoms with Crippen molar-refractivity contribution >= 4 is 56.9 Å². The summed E-state index contributed by atoms with van der Waals surface area (Å²) < 4.78 is 12.7. The first kappa shape index (κ1) is 34.8. The van der Waals surface area contributed by atoms with E-state index in [9.17, 15) is 24.3 Å². The van der Waals surface area contributed by atoms with Gasteiger partial charge in [-0.3, -0.25) is 19.2 Å². The number of carbonyl (C=O) groups is 4. The van der Waals surface area contributed by atoms with Crippen LogP contribution >= 0.6 is 27.5 Å². The standard InChI is InChI=1S/C35H39BrClN3O7/c1-4-6-15-26(42)38-20-25(22-12-8-7-9-13-22)46-34(45)27-28-32(43)40(17-18-41)31(35(28)19-23(36)30(27)47-35)33(44)39(16-5-2)29-21(3)11-10-14-24(29)37/h4-5,7-14,23,25,27-28,30-31,41H,1-2,6,15-20H2,3H3,(H,38,42)/t23?,25-,27+,28-,30+,31+,35-/m0/s1. The molecule has 2 N–H and O–H groups in total. The number of anilines is 1. The quantitative estimate of drug-likeness (QED) is 0.169. The molecule has 1 unspecified atom stereocenters. The Morgan fingerprint density at radius 2 is 1.96 bits per heavy atom. The first-order valence-electron chi connectivity index (χ1n) is 15.6. The summed E-state index contributed by atoms with van der Waals surface area (Å²) in [5.41, 5.74) is 0.526.